The molecule has 2 aromatic carbocycles. The van der Waals surface area contributed by atoms with Gasteiger partial charge in [0.05, 0.1) is 42.8 Å². The van der Waals surface area contributed by atoms with Crippen molar-refractivity contribution in [3.8, 4) is 6.07 Å². The van der Waals surface area contributed by atoms with Crippen LogP contribution in [0.3, 0.4) is 0 Å². The van der Waals surface area contributed by atoms with Crippen LogP contribution in [0.2, 0.25) is 0 Å². The topological polar surface area (TPSA) is 134 Å². The van der Waals surface area contributed by atoms with Crippen LogP contribution in [0.5, 0.6) is 0 Å². The summed E-state index contributed by atoms with van der Waals surface area (Å²) in [5, 5.41) is 27.5. The molecular weight excluding hydrogens is 482 g/mol. The van der Waals surface area contributed by atoms with Crippen LogP contribution in [0.1, 0.15) is 18.1 Å². The number of fused-ring (bicyclic) bond motifs is 2. The van der Waals surface area contributed by atoms with Gasteiger partial charge in [-0.05, 0) is 30.2 Å². The van der Waals surface area contributed by atoms with E-state index in [-0.39, 0.29) is 13.2 Å². The summed E-state index contributed by atoms with van der Waals surface area (Å²) >= 11 is 0. The van der Waals surface area contributed by atoms with Crippen molar-refractivity contribution in [3.05, 3.63) is 78.4 Å². The van der Waals surface area contributed by atoms with Crippen molar-refractivity contribution in [2.75, 3.05) is 30.3 Å². The minimum atomic E-state index is -0.574. The number of ether oxygens (including phenoxy) is 1. The monoisotopic (exact) mass is 509 g/mol. The standard InChI is InChI=1S/C27H27N9O2/c1-2-22-23(34-27(37)38-13-12-29-11-10-28)17-36-25(22)26(30-18-32-36)33-21-8-9-24-20(14-21)15-31-35(24)16-19-6-4-3-5-7-19/h3-9,14-15,17-18,29H,2,11-13,16H2,1H3,(H,34,37)(H,30,32,33). The van der Waals surface area contributed by atoms with Gasteiger partial charge < -0.3 is 15.4 Å². The van der Waals surface area contributed by atoms with Crippen molar-refractivity contribution >= 4 is 39.7 Å². The molecule has 11 nitrogen and oxygen atoms in total. The maximum atomic E-state index is 12.3. The smallest absolute Gasteiger partial charge is 0.411 e. The Labute approximate surface area is 219 Å². The number of aromatic nitrogens is 5. The molecule has 3 N–H and O–H groups in total. The van der Waals surface area contributed by atoms with Gasteiger partial charge in [-0.3, -0.25) is 10.00 Å². The van der Waals surface area contributed by atoms with Gasteiger partial charge in [0, 0.05) is 23.2 Å². The molecule has 0 saturated heterocycles. The quantitative estimate of drug-likeness (QED) is 0.189. The lowest BCUT2D eigenvalue weighted by Crippen LogP contribution is -2.23. The van der Waals surface area contributed by atoms with E-state index in [2.05, 4.69) is 43.3 Å². The summed E-state index contributed by atoms with van der Waals surface area (Å²) in [7, 11) is 0. The molecule has 0 aliphatic carbocycles. The van der Waals surface area contributed by atoms with Crippen molar-refractivity contribution < 1.29 is 9.53 Å². The fourth-order valence-electron chi connectivity index (χ4n) is 4.32. The number of hydrogen-bond donors (Lipinski definition) is 3. The van der Waals surface area contributed by atoms with E-state index in [9.17, 15) is 4.79 Å². The van der Waals surface area contributed by atoms with Crippen LogP contribution < -0.4 is 16.0 Å². The molecule has 0 atom stereocenters. The Morgan fingerprint density at radius 1 is 1.16 bits per heavy atom. The van der Waals surface area contributed by atoms with Gasteiger partial charge in [0.2, 0.25) is 0 Å². The molecule has 0 fully saturated rings. The number of nitrogens with zero attached hydrogens (tertiary/aromatic N) is 6. The normalized spacial score (nSPS) is 10.9. The van der Waals surface area contributed by atoms with Crippen LogP contribution >= 0.6 is 0 Å². The largest absolute Gasteiger partial charge is 0.448 e. The second-order valence-electron chi connectivity index (χ2n) is 8.56. The number of hydrogen-bond acceptors (Lipinski definition) is 8. The molecular formula is C27H27N9O2. The number of amides is 1. The molecule has 0 aliphatic rings. The number of rotatable bonds is 10. The molecule has 0 radical (unpaired) electrons. The van der Waals surface area contributed by atoms with E-state index in [1.165, 1.54) is 11.9 Å². The Morgan fingerprint density at radius 3 is 2.84 bits per heavy atom. The minimum Gasteiger partial charge on any atom is -0.448 e. The van der Waals surface area contributed by atoms with Crippen molar-refractivity contribution in [2.24, 2.45) is 0 Å². The first kappa shape index (κ1) is 24.7. The third-order valence-electron chi connectivity index (χ3n) is 6.06. The first-order valence-corrected chi connectivity index (χ1v) is 12.3. The van der Waals surface area contributed by atoms with Crippen LogP contribution in [0.15, 0.2) is 67.3 Å². The number of carbonyl (C=O) groups is 1. The van der Waals surface area contributed by atoms with E-state index in [1.807, 2.05) is 60.3 Å². The second-order valence-corrected chi connectivity index (χ2v) is 8.56. The maximum absolute atomic E-state index is 12.3. The number of aryl methyl sites for hydroxylation is 1. The van der Waals surface area contributed by atoms with Crippen LogP contribution in [0, 0.1) is 11.3 Å². The molecule has 1 amide bonds. The molecule has 0 unspecified atom stereocenters. The lowest BCUT2D eigenvalue weighted by atomic mass is 10.2. The van der Waals surface area contributed by atoms with Crippen molar-refractivity contribution in [1.82, 2.24) is 29.7 Å². The molecule has 0 bridgehead atoms. The van der Waals surface area contributed by atoms with E-state index in [0.29, 0.717) is 31.0 Å². The van der Waals surface area contributed by atoms with E-state index < -0.39 is 6.09 Å². The molecule has 5 aromatic rings. The van der Waals surface area contributed by atoms with Gasteiger partial charge in [-0.15, -0.1) is 0 Å². The summed E-state index contributed by atoms with van der Waals surface area (Å²) in [6.07, 6.45) is 5.14. The van der Waals surface area contributed by atoms with E-state index in [0.717, 1.165) is 27.7 Å². The summed E-state index contributed by atoms with van der Waals surface area (Å²) < 4.78 is 8.87. The van der Waals surface area contributed by atoms with E-state index in [1.54, 1.807) is 10.7 Å². The van der Waals surface area contributed by atoms with Crippen LogP contribution in [0.25, 0.3) is 16.4 Å². The first-order valence-electron chi connectivity index (χ1n) is 12.3. The van der Waals surface area contributed by atoms with Crippen molar-refractivity contribution in [2.45, 2.75) is 19.9 Å². The molecule has 0 saturated carbocycles. The summed E-state index contributed by atoms with van der Waals surface area (Å²) in [5.41, 5.74) is 5.33. The van der Waals surface area contributed by atoms with E-state index in [4.69, 9.17) is 10.00 Å². The van der Waals surface area contributed by atoms with Gasteiger partial charge in [0.15, 0.2) is 5.82 Å². The highest BCUT2D eigenvalue weighted by molar-refractivity contribution is 5.91. The fraction of sp³-hybridized carbons (Fsp3) is 0.222. The van der Waals surface area contributed by atoms with Crippen LogP contribution in [0.4, 0.5) is 22.0 Å². The summed E-state index contributed by atoms with van der Waals surface area (Å²) in [6.45, 7) is 3.45. The number of nitrogens with one attached hydrogen (secondary N) is 3. The first-order chi connectivity index (χ1) is 18.7. The number of carbonyl (C=O) groups excluding carboxylic acids is 1. The average molecular weight is 510 g/mol. The second kappa shape index (κ2) is 11.4. The summed E-state index contributed by atoms with van der Waals surface area (Å²) in [6, 6.07) is 18.3. The van der Waals surface area contributed by atoms with Crippen molar-refractivity contribution in [3.63, 3.8) is 0 Å². The van der Waals surface area contributed by atoms with Crippen molar-refractivity contribution in [1.29, 1.82) is 5.26 Å². The van der Waals surface area contributed by atoms with Crippen LogP contribution in [-0.2, 0) is 17.7 Å². The SMILES string of the molecule is CCc1c(NC(=O)OCCNCC#N)cn2ncnc(Nc3ccc4c(cnn4Cc4ccccc4)c3)c12. The van der Waals surface area contributed by atoms with Gasteiger partial charge in [-0.1, -0.05) is 37.3 Å². The summed E-state index contributed by atoms with van der Waals surface area (Å²) in [4.78, 5) is 16.8. The predicted octanol–water partition coefficient (Wildman–Crippen LogP) is 4.09. The Balaban J connectivity index is 1.34. The third-order valence-corrected chi connectivity index (χ3v) is 6.06. The minimum absolute atomic E-state index is 0.152. The lowest BCUT2D eigenvalue weighted by molar-refractivity contribution is 0.162. The Kier molecular flexibility index (Phi) is 7.42. The van der Waals surface area contributed by atoms with E-state index >= 15 is 0 Å². The molecule has 0 aliphatic heterocycles. The van der Waals surface area contributed by atoms with Gasteiger partial charge in [0.25, 0.3) is 0 Å². The summed E-state index contributed by atoms with van der Waals surface area (Å²) in [5.74, 6) is 0.620. The van der Waals surface area contributed by atoms with Gasteiger partial charge in [-0.25, -0.2) is 14.3 Å². The fourth-order valence-corrected chi connectivity index (χ4v) is 4.32. The average Bonchev–Trinajstić information content (AvgIpc) is 3.49. The lowest BCUT2D eigenvalue weighted by Gasteiger charge is -2.10. The molecule has 38 heavy (non-hydrogen) atoms. The van der Waals surface area contributed by atoms with Gasteiger partial charge in [0.1, 0.15) is 18.5 Å². The molecule has 3 heterocycles. The number of anilines is 3. The molecule has 3 aromatic heterocycles. The molecule has 11 heteroatoms. The number of benzene rings is 2. The molecule has 5 rings (SSSR count). The highest BCUT2D eigenvalue weighted by Crippen LogP contribution is 2.30. The van der Waals surface area contributed by atoms with Gasteiger partial charge in [-0.2, -0.15) is 15.5 Å². The highest BCUT2D eigenvalue weighted by atomic mass is 16.5. The maximum Gasteiger partial charge on any atom is 0.411 e. The zero-order valence-electron chi connectivity index (χ0n) is 20.9. The zero-order valence-corrected chi connectivity index (χ0v) is 20.9. The third kappa shape index (κ3) is 5.40. The highest BCUT2D eigenvalue weighted by Gasteiger charge is 2.17. The molecule has 192 valence electrons. The predicted molar refractivity (Wildman–Crippen MR) is 144 cm³/mol. The van der Waals surface area contributed by atoms with Crippen LogP contribution in [-0.4, -0.2) is 50.2 Å². The van der Waals surface area contributed by atoms with Gasteiger partial charge >= 0.3 is 6.09 Å². The Bertz CT molecular complexity index is 1600. The Hall–Kier alpha value is -4.95. The Morgan fingerprint density at radius 2 is 2.03 bits per heavy atom. The number of nitriles is 1. The zero-order chi connectivity index (χ0) is 26.3. The molecule has 0 spiro atoms.